The summed E-state index contributed by atoms with van der Waals surface area (Å²) in [5.74, 6) is 1.01. The Morgan fingerprint density at radius 3 is 2.55 bits per heavy atom. The lowest BCUT2D eigenvalue weighted by atomic mass is 10.6. The Morgan fingerprint density at radius 2 is 2.09 bits per heavy atom. The Kier molecular flexibility index (Phi) is 1.14. The van der Waals surface area contributed by atoms with Crippen molar-refractivity contribution in [3.63, 3.8) is 0 Å². The minimum atomic E-state index is 0.622. The van der Waals surface area contributed by atoms with Crippen LogP contribution in [-0.4, -0.2) is 19.4 Å². The van der Waals surface area contributed by atoms with Crippen LogP contribution in [0, 0.1) is 0 Å². The van der Waals surface area contributed by atoms with Gasteiger partial charge in [0.2, 0.25) is 0 Å². The quantitative estimate of drug-likeness (QED) is 0.655. The molecule has 1 aromatic heterocycles. The zero-order chi connectivity index (χ0) is 7.26. The summed E-state index contributed by atoms with van der Waals surface area (Å²) in [6.07, 6.45) is 5.26. The topological polar surface area (TPSA) is 29.0 Å². The number of anilines is 1. The van der Waals surface area contributed by atoms with Gasteiger partial charge in [-0.05, 0) is 0 Å². The highest BCUT2D eigenvalue weighted by Gasteiger charge is 2.53. The first-order valence-corrected chi connectivity index (χ1v) is 5.19. The van der Waals surface area contributed by atoms with Gasteiger partial charge in [-0.1, -0.05) is 23.5 Å². The standard InChI is InChI=1S/C6H5N3S2/c1-2-8-4(3-7-1)9-5-10-6(9)11-5/h1-3,5-6H. The molecule has 0 amide bonds. The van der Waals surface area contributed by atoms with E-state index in [1.165, 1.54) is 0 Å². The molecule has 0 aliphatic carbocycles. The van der Waals surface area contributed by atoms with Gasteiger partial charge in [-0.15, -0.1) is 0 Å². The van der Waals surface area contributed by atoms with Crippen LogP contribution in [0.5, 0.6) is 0 Å². The second kappa shape index (κ2) is 2.04. The molecule has 5 heteroatoms. The van der Waals surface area contributed by atoms with Crippen molar-refractivity contribution in [2.45, 2.75) is 9.41 Å². The fourth-order valence-corrected chi connectivity index (χ4v) is 3.64. The Morgan fingerprint density at radius 1 is 1.27 bits per heavy atom. The summed E-state index contributed by atoms with van der Waals surface area (Å²) in [6, 6.07) is 0. The van der Waals surface area contributed by atoms with E-state index in [1.807, 2.05) is 29.7 Å². The van der Waals surface area contributed by atoms with Crippen molar-refractivity contribution in [2.75, 3.05) is 4.90 Å². The number of hydrogen-bond acceptors (Lipinski definition) is 5. The van der Waals surface area contributed by atoms with E-state index in [9.17, 15) is 0 Å². The summed E-state index contributed by atoms with van der Waals surface area (Å²) >= 11 is 3.96. The first-order valence-electron chi connectivity index (χ1n) is 3.30. The van der Waals surface area contributed by atoms with Crippen LogP contribution < -0.4 is 4.90 Å². The van der Waals surface area contributed by atoms with Crippen LogP contribution in [0.2, 0.25) is 0 Å². The molecule has 1 aromatic rings. The molecule has 11 heavy (non-hydrogen) atoms. The minimum absolute atomic E-state index is 0.622. The summed E-state index contributed by atoms with van der Waals surface area (Å²) in [5.41, 5.74) is 0. The summed E-state index contributed by atoms with van der Waals surface area (Å²) in [6.45, 7) is 0. The highest BCUT2D eigenvalue weighted by atomic mass is 32.3. The molecule has 0 radical (unpaired) electrons. The van der Waals surface area contributed by atoms with Gasteiger partial charge in [-0.25, -0.2) is 4.98 Å². The molecule has 0 spiro atoms. The molecule has 3 saturated heterocycles. The molecule has 0 N–H and O–H groups in total. The van der Waals surface area contributed by atoms with Crippen LogP contribution in [0.4, 0.5) is 5.82 Å². The third-order valence-corrected chi connectivity index (χ3v) is 4.91. The number of thioether (sulfide) groups is 2. The smallest absolute Gasteiger partial charge is 0.150 e. The van der Waals surface area contributed by atoms with Gasteiger partial charge in [0.15, 0.2) is 0 Å². The Hall–Kier alpha value is -0.420. The lowest BCUT2D eigenvalue weighted by molar-refractivity contribution is 0.835. The van der Waals surface area contributed by atoms with Crippen LogP contribution in [0.25, 0.3) is 0 Å². The van der Waals surface area contributed by atoms with Gasteiger partial charge in [0.1, 0.15) is 15.2 Å². The number of hydrogen-bond donors (Lipinski definition) is 0. The van der Waals surface area contributed by atoms with Crippen molar-refractivity contribution in [3.05, 3.63) is 18.6 Å². The van der Waals surface area contributed by atoms with Gasteiger partial charge in [-0.2, -0.15) is 0 Å². The first-order chi connectivity index (χ1) is 5.45. The molecular weight excluding hydrogens is 178 g/mol. The van der Waals surface area contributed by atoms with E-state index in [0.717, 1.165) is 5.82 Å². The third kappa shape index (κ3) is 0.724. The molecule has 2 bridgehead atoms. The van der Waals surface area contributed by atoms with Crippen molar-refractivity contribution in [2.24, 2.45) is 0 Å². The zero-order valence-corrected chi connectivity index (χ0v) is 7.18. The van der Waals surface area contributed by atoms with Gasteiger partial charge in [0.25, 0.3) is 0 Å². The van der Waals surface area contributed by atoms with E-state index in [0.29, 0.717) is 9.41 Å². The largest absolute Gasteiger partial charge is 0.313 e. The maximum Gasteiger partial charge on any atom is 0.150 e. The predicted molar refractivity (Wildman–Crippen MR) is 47.3 cm³/mol. The summed E-state index contributed by atoms with van der Waals surface area (Å²) in [7, 11) is 0. The van der Waals surface area contributed by atoms with E-state index >= 15 is 0 Å². The third-order valence-electron chi connectivity index (χ3n) is 1.73. The molecule has 4 rings (SSSR count). The normalized spacial score (nSPS) is 32.5. The number of rotatable bonds is 1. The van der Waals surface area contributed by atoms with Gasteiger partial charge in [-0.3, -0.25) is 4.98 Å². The molecule has 0 unspecified atom stereocenters. The number of nitrogens with zero attached hydrogens (tertiary/aromatic N) is 3. The van der Waals surface area contributed by atoms with Crippen molar-refractivity contribution in [1.82, 2.24) is 9.97 Å². The molecule has 0 saturated carbocycles. The van der Waals surface area contributed by atoms with E-state index in [4.69, 9.17) is 0 Å². The Bertz CT molecular complexity index is 264. The van der Waals surface area contributed by atoms with Crippen LogP contribution in [0.15, 0.2) is 18.6 Å². The van der Waals surface area contributed by atoms with Crippen molar-refractivity contribution >= 4 is 29.3 Å². The first kappa shape index (κ1) is 6.14. The van der Waals surface area contributed by atoms with E-state index < -0.39 is 0 Å². The van der Waals surface area contributed by atoms with Gasteiger partial charge < -0.3 is 4.90 Å². The van der Waals surface area contributed by atoms with Crippen molar-refractivity contribution < 1.29 is 0 Å². The minimum Gasteiger partial charge on any atom is -0.313 e. The molecule has 3 aliphatic heterocycles. The molecular formula is C6H5N3S2. The molecule has 0 aromatic carbocycles. The SMILES string of the molecule is c1cnc(N2C3SC2S3)cn1. The molecule has 0 atom stereocenters. The fourth-order valence-electron chi connectivity index (χ4n) is 1.09. The monoisotopic (exact) mass is 183 g/mol. The highest BCUT2D eigenvalue weighted by Crippen LogP contribution is 2.63. The zero-order valence-electron chi connectivity index (χ0n) is 5.54. The maximum atomic E-state index is 4.22. The second-order valence-electron chi connectivity index (χ2n) is 2.36. The molecule has 4 heterocycles. The molecule has 56 valence electrons. The Labute approximate surface area is 72.6 Å². The average molecular weight is 183 g/mol. The van der Waals surface area contributed by atoms with Crippen LogP contribution in [0.1, 0.15) is 0 Å². The van der Waals surface area contributed by atoms with Gasteiger partial charge in [0.05, 0.1) is 6.20 Å². The molecule has 3 nitrogen and oxygen atoms in total. The van der Waals surface area contributed by atoms with Crippen LogP contribution in [0.3, 0.4) is 0 Å². The second-order valence-corrected chi connectivity index (χ2v) is 5.28. The van der Waals surface area contributed by atoms with Gasteiger partial charge >= 0.3 is 0 Å². The average Bonchev–Trinajstić information content (AvgIpc) is 1.82. The summed E-state index contributed by atoms with van der Waals surface area (Å²) < 4.78 is 1.24. The number of aromatic nitrogens is 2. The van der Waals surface area contributed by atoms with Crippen LogP contribution >= 0.6 is 23.5 Å². The van der Waals surface area contributed by atoms with E-state index in [2.05, 4.69) is 14.9 Å². The highest BCUT2D eigenvalue weighted by molar-refractivity contribution is 8.36. The van der Waals surface area contributed by atoms with E-state index in [-0.39, 0.29) is 0 Å². The van der Waals surface area contributed by atoms with Crippen LogP contribution in [-0.2, 0) is 0 Å². The molecule has 3 aliphatic rings. The van der Waals surface area contributed by atoms with Crippen molar-refractivity contribution in [1.29, 1.82) is 0 Å². The lowest BCUT2D eigenvalue weighted by Gasteiger charge is -2.58. The molecule has 3 fully saturated rings. The predicted octanol–water partition coefficient (Wildman–Crippen LogP) is 1.34. The Balaban J connectivity index is 1.90. The summed E-state index contributed by atoms with van der Waals surface area (Å²) in [4.78, 5) is 10.5. The van der Waals surface area contributed by atoms with Gasteiger partial charge in [0, 0.05) is 12.4 Å². The lowest BCUT2D eigenvalue weighted by Crippen LogP contribution is -2.59. The summed E-state index contributed by atoms with van der Waals surface area (Å²) in [5, 5.41) is 0. The fraction of sp³-hybridized carbons (Fsp3) is 0.333. The van der Waals surface area contributed by atoms with E-state index in [1.54, 1.807) is 12.4 Å². The van der Waals surface area contributed by atoms with Crippen molar-refractivity contribution in [3.8, 4) is 0 Å². The maximum absolute atomic E-state index is 4.22.